The summed E-state index contributed by atoms with van der Waals surface area (Å²) in [5.74, 6) is 1.26. The van der Waals surface area contributed by atoms with Crippen LogP contribution in [0.3, 0.4) is 0 Å². The highest BCUT2D eigenvalue weighted by atomic mass is 32.1. The monoisotopic (exact) mass is 407 g/mol. The largest absolute Gasteiger partial charge is 0.493 e. The molecule has 0 atom stereocenters. The molecule has 3 heterocycles. The molecule has 2 aromatic carbocycles. The maximum atomic E-state index is 12.7. The molecule has 29 heavy (non-hydrogen) atoms. The first-order chi connectivity index (χ1) is 14.2. The van der Waals surface area contributed by atoms with E-state index >= 15 is 0 Å². The summed E-state index contributed by atoms with van der Waals surface area (Å²) in [4.78, 5) is 18.3. The highest BCUT2D eigenvalue weighted by Crippen LogP contribution is 2.40. The van der Waals surface area contributed by atoms with Gasteiger partial charge in [-0.3, -0.25) is 9.20 Å². The van der Waals surface area contributed by atoms with Gasteiger partial charge in [-0.2, -0.15) is 0 Å². The molecule has 5 rings (SSSR count). The van der Waals surface area contributed by atoms with Gasteiger partial charge in [-0.1, -0.05) is 12.1 Å². The van der Waals surface area contributed by atoms with E-state index in [1.807, 2.05) is 46.4 Å². The number of nitrogens with one attached hydrogen (secondary N) is 1. The second kappa shape index (κ2) is 7.14. The van der Waals surface area contributed by atoms with Crippen LogP contribution in [-0.2, 0) is 0 Å². The minimum atomic E-state index is -0.254. The van der Waals surface area contributed by atoms with E-state index in [1.54, 1.807) is 23.5 Å². The lowest BCUT2D eigenvalue weighted by Gasteiger charge is -2.21. The lowest BCUT2D eigenvalue weighted by atomic mass is 10.1. The topological polar surface area (TPSA) is 74.1 Å². The molecule has 1 amide bonds. The number of aromatic nitrogens is 2. The SMILES string of the molecule is COc1cc(C(=O)Nc2ccc(-c3cn4ccsc4n3)cc2)cc2c1OCCO2. The molecule has 0 spiro atoms. The van der Waals surface area contributed by atoms with Crippen LogP contribution in [0.2, 0.25) is 0 Å². The van der Waals surface area contributed by atoms with Crippen molar-refractivity contribution in [3.63, 3.8) is 0 Å². The Morgan fingerprint density at radius 3 is 2.83 bits per heavy atom. The van der Waals surface area contributed by atoms with Crippen molar-refractivity contribution in [2.45, 2.75) is 0 Å². The van der Waals surface area contributed by atoms with Crippen molar-refractivity contribution in [3.8, 4) is 28.5 Å². The quantitative estimate of drug-likeness (QED) is 0.551. The first kappa shape index (κ1) is 17.6. The number of amides is 1. The number of fused-ring (bicyclic) bond motifs is 2. The molecule has 0 fully saturated rings. The molecule has 1 N–H and O–H groups in total. The Morgan fingerprint density at radius 1 is 1.21 bits per heavy atom. The van der Waals surface area contributed by atoms with Gasteiger partial charge in [0.1, 0.15) is 13.2 Å². The number of carbonyl (C=O) groups excluding carboxylic acids is 1. The summed E-state index contributed by atoms with van der Waals surface area (Å²) in [5.41, 5.74) is 3.00. The number of carbonyl (C=O) groups is 1. The molecule has 0 aliphatic carbocycles. The van der Waals surface area contributed by atoms with Crippen LogP contribution in [0.15, 0.2) is 54.2 Å². The Kier molecular flexibility index (Phi) is 4.33. The van der Waals surface area contributed by atoms with E-state index in [2.05, 4.69) is 10.3 Å². The Labute approximate surface area is 170 Å². The molecule has 0 unspecified atom stereocenters. The Hall–Kier alpha value is -3.52. The van der Waals surface area contributed by atoms with E-state index in [1.165, 1.54) is 7.11 Å². The fourth-order valence-electron chi connectivity index (χ4n) is 3.20. The minimum absolute atomic E-state index is 0.254. The van der Waals surface area contributed by atoms with Crippen molar-refractivity contribution in [3.05, 3.63) is 59.7 Å². The fourth-order valence-corrected chi connectivity index (χ4v) is 3.90. The third-order valence-electron chi connectivity index (χ3n) is 4.62. The van der Waals surface area contributed by atoms with Crippen molar-refractivity contribution in [1.82, 2.24) is 9.38 Å². The minimum Gasteiger partial charge on any atom is -0.493 e. The number of hydrogen-bond acceptors (Lipinski definition) is 6. The van der Waals surface area contributed by atoms with Crippen LogP contribution in [0.4, 0.5) is 5.69 Å². The Morgan fingerprint density at radius 2 is 2.03 bits per heavy atom. The van der Waals surface area contributed by atoms with Crippen LogP contribution in [0, 0.1) is 0 Å². The van der Waals surface area contributed by atoms with E-state index in [9.17, 15) is 4.79 Å². The first-order valence-corrected chi connectivity index (χ1v) is 9.91. The van der Waals surface area contributed by atoms with Gasteiger partial charge < -0.3 is 19.5 Å². The normalized spacial score (nSPS) is 12.7. The molecular formula is C21H17N3O4S. The lowest BCUT2D eigenvalue weighted by molar-refractivity contribution is 0.102. The number of hydrogen-bond donors (Lipinski definition) is 1. The van der Waals surface area contributed by atoms with Gasteiger partial charge in [0.15, 0.2) is 16.5 Å². The van der Waals surface area contributed by atoms with Gasteiger partial charge in [0.05, 0.1) is 12.8 Å². The fraction of sp³-hybridized carbons (Fsp3) is 0.143. The smallest absolute Gasteiger partial charge is 0.255 e. The zero-order valence-electron chi connectivity index (χ0n) is 15.5. The van der Waals surface area contributed by atoms with Gasteiger partial charge in [-0.05, 0) is 24.3 Å². The summed E-state index contributed by atoms with van der Waals surface area (Å²) >= 11 is 1.59. The number of thiazole rings is 1. The van der Waals surface area contributed by atoms with E-state index in [0.717, 1.165) is 16.2 Å². The third kappa shape index (κ3) is 3.27. The molecule has 8 heteroatoms. The van der Waals surface area contributed by atoms with Crippen LogP contribution >= 0.6 is 11.3 Å². The predicted molar refractivity (Wildman–Crippen MR) is 110 cm³/mol. The average Bonchev–Trinajstić information content (AvgIpc) is 3.36. The zero-order chi connectivity index (χ0) is 19.8. The summed E-state index contributed by atoms with van der Waals surface area (Å²) in [6.07, 6.45) is 3.97. The molecular weight excluding hydrogens is 390 g/mol. The molecule has 7 nitrogen and oxygen atoms in total. The molecule has 0 saturated carbocycles. The maximum Gasteiger partial charge on any atom is 0.255 e. The number of benzene rings is 2. The average molecular weight is 407 g/mol. The second-order valence-electron chi connectivity index (χ2n) is 6.45. The highest BCUT2D eigenvalue weighted by Gasteiger charge is 2.21. The second-order valence-corrected chi connectivity index (χ2v) is 7.33. The molecule has 2 aromatic heterocycles. The van der Waals surface area contributed by atoms with Gasteiger partial charge in [-0.25, -0.2) is 4.98 Å². The van der Waals surface area contributed by atoms with Crippen LogP contribution in [0.1, 0.15) is 10.4 Å². The van der Waals surface area contributed by atoms with Crippen LogP contribution in [0.5, 0.6) is 17.2 Å². The van der Waals surface area contributed by atoms with Gasteiger partial charge in [-0.15, -0.1) is 11.3 Å². The number of rotatable bonds is 4. The number of methoxy groups -OCH3 is 1. The van der Waals surface area contributed by atoms with Crippen molar-refractivity contribution in [2.75, 3.05) is 25.6 Å². The van der Waals surface area contributed by atoms with Crippen LogP contribution < -0.4 is 19.5 Å². The molecule has 0 bridgehead atoms. The van der Waals surface area contributed by atoms with Crippen molar-refractivity contribution >= 4 is 27.9 Å². The third-order valence-corrected chi connectivity index (χ3v) is 5.39. The van der Waals surface area contributed by atoms with Gasteiger partial charge in [0.25, 0.3) is 5.91 Å². The molecule has 1 aliphatic heterocycles. The van der Waals surface area contributed by atoms with Crippen LogP contribution in [0.25, 0.3) is 16.2 Å². The number of anilines is 1. The molecule has 0 saturated heterocycles. The Balaban J connectivity index is 1.36. The van der Waals surface area contributed by atoms with E-state index in [0.29, 0.717) is 41.7 Å². The number of ether oxygens (including phenoxy) is 3. The van der Waals surface area contributed by atoms with Crippen molar-refractivity contribution < 1.29 is 19.0 Å². The standard InChI is InChI=1S/C21H17N3O4S/c1-26-17-10-14(11-18-19(17)28-8-7-27-18)20(25)22-15-4-2-13(3-5-15)16-12-24-6-9-29-21(24)23-16/h2-6,9-12H,7-8H2,1H3,(H,22,25). The summed E-state index contributed by atoms with van der Waals surface area (Å²) in [6.45, 7) is 0.893. The van der Waals surface area contributed by atoms with Gasteiger partial charge in [0, 0.05) is 34.6 Å². The van der Waals surface area contributed by atoms with Gasteiger partial charge >= 0.3 is 0 Å². The summed E-state index contributed by atoms with van der Waals surface area (Å²) in [6, 6.07) is 10.9. The summed E-state index contributed by atoms with van der Waals surface area (Å²) in [5, 5.41) is 4.90. The summed E-state index contributed by atoms with van der Waals surface area (Å²) in [7, 11) is 1.54. The van der Waals surface area contributed by atoms with Crippen molar-refractivity contribution in [2.24, 2.45) is 0 Å². The number of imidazole rings is 1. The van der Waals surface area contributed by atoms with Gasteiger partial charge in [0.2, 0.25) is 5.75 Å². The molecule has 0 radical (unpaired) electrons. The Bertz CT molecular complexity index is 1150. The van der Waals surface area contributed by atoms with E-state index in [-0.39, 0.29) is 5.91 Å². The van der Waals surface area contributed by atoms with Crippen LogP contribution in [-0.4, -0.2) is 35.6 Å². The summed E-state index contributed by atoms with van der Waals surface area (Å²) < 4.78 is 18.5. The van der Waals surface area contributed by atoms with E-state index in [4.69, 9.17) is 14.2 Å². The zero-order valence-corrected chi connectivity index (χ0v) is 16.4. The predicted octanol–water partition coefficient (Wildman–Crippen LogP) is 4.09. The highest BCUT2D eigenvalue weighted by molar-refractivity contribution is 7.15. The molecule has 1 aliphatic rings. The lowest BCUT2D eigenvalue weighted by Crippen LogP contribution is -2.18. The molecule has 146 valence electrons. The van der Waals surface area contributed by atoms with Crippen molar-refractivity contribution in [1.29, 1.82) is 0 Å². The first-order valence-electron chi connectivity index (χ1n) is 9.03. The maximum absolute atomic E-state index is 12.7. The van der Waals surface area contributed by atoms with E-state index < -0.39 is 0 Å². The number of nitrogens with zero attached hydrogens (tertiary/aromatic N) is 2. The molecule has 4 aromatic rings.